The van der Waals surface area contributed by atoms with Crippen LogP contribution in [0.15, 0.2) is 85.1 Å². The Morgan fingerprint density at radius 2 is 1.48 bits per heavy atom. The van der Waals surface area contributed by atoms with Crippen molar-refractivity contribution >= 4 is 10.9 Å². The number of para-hydroxylation sites is 1. The van der Waals surface area contributed by atoms with E-state index in [0.717, 1.165) is 33.7 Å². The zero-order valence-electron chi connectivity index (χ0n) is 13.5. The number of rotatable bonds is 5. The van der Waals surface area contributed by atoms with Crippen LogP contribution in [0.5, 0.6) is 17.2 Å². The van der Waals surface area contributed by atoms with Crippen molar-refractivity contribution in [2.24, 2.45) is 0 Å². The van der Waals surface area contributed by atoms with Crippen LogP contribution in [0.3, 0.4) is 0 Å². The maximum atomic E-state index is 5.85. The quantitative estimate of drug-likeness (QED) is 0.517. The molecule has 4 rings (SSSR count). The fourth-order valence-electron chi connectivity index (χ4n) is 2.52. The highest BCUT2D eigenvalue weighted by atomic mass is 16.5. The Hall–Kier alpha value is -3.40. The van der Waals surface area contributed by atoms with Gasteiger partial charge in [-0.05, 0) is 60.2 Å². The van der Waals surface area contributed by atoms with Crippen LogP contribution in [-0.2, 0) is 6.61 Å². The first-order valence-corrected chi connectivity index (χ1v) is 8.03. The SMILES string of the molecule is c1ccc(Oc2ccc(OCc3ccc4nnccc4c3)cc2)cc1. The van der Waals surface area contributed by atoms with Crippen LogP contribution in [-0.4, -0.2) is 10.2 Å². The molecule has 0 N–H and O–H groups in total. The minimum Gasteiger partial charge on any atom is -0.489 e. The smallest absolute Gasteiger partial charge is 0.127 e. The maximum absolute atomic E-state index is 5.85. The number of hydrogen-bond donors (Lipinski definition) is 0. The van der Waals surface area contributed by atoms with Crippen molar-refractivity contribution in [2.75, 3.05) is 0 Å². The Bertz CT molecular complexity index is 970. The molecule has 0 unspecified atom stereocenters. The van der Waals surface area contributed by atoms with Crippen LogP contribution in [0.2, 0.25) is 0 Å². The van der Waals surface area contributed by atoms with Crippen LogP contribution in [0.1, 0.15) is 5.56 Å². The summed E-state index contributed by atoms with van der Waals surface area (Å²) in [6.07, 6.45) is 1.69. The van der Waals surface area contributed by atoms with E-state index in [0.29, 0.717) is 6.61 Å². The molecular weight excluding hydrogens is 312 g/mol. The fourth-order valence-corrected chi connectivity index (χ4v) is 2.52. The molecule has 0 aliphatic rings. The summed E-state index contributed by atoms with van der Waals surface area (Å²) in [5.74, 6) is 2.40. The van der Waals surface area contributed by atoms with Crippen LogP contribution in [0, 0.1) is 0 Å². The summed E-state index contributed by atoms with van der Waals surface area (Å²) >= 11 is 0. The predicted molar refractivity (Wildman–Crippen MR) is 96.8 cm³/mol. The van der Waals surface area contributed by atoms with Gasteiger partial charge in [0.05, 0.1) is 11.7 Å². The fraction of sp³-hybridized carbons (Fsp3) is 0.0476. The van der Waals surface area contributed by atoms with Crippen molar-refractivity contribution in [1.29, 1.82) is 0 Å². The molecule has 0 bridgehead atoms. The molecule has 4 heteroatoms. The topological polar surface area (TPSA) is 44.2 Å². The summed E-state index contributed by atoms with van der Waals surface area (Å²) in [6.45, 7) is 0.497. The van der Waals surface area contributed by atoms with Gasteiger partial charge in [0.2, 0.25) is 0 Å². The number of ether oxygens (including phenoxy) is 2. The normalized spacial score (nSPS) is 10.6. The molecule has 0 spiro atoms. The number of benzene rings is 3. The Labute approximate surface area is 145 Å². The molecule has 122 valence electrons. The van der Waals surface area contributed by atoms with Gasteiger partial charge >= 0.3 is 0 Å². The third-order valence-corrected chi connectivity index (χ3v) is 3.79. The van der Waals surface area contributed by atoms with Crippen molar-refractivity contribution in [3.63, 3.8) is 0 Å². The molecule has 0 atom stereocenters. The second-order valence-electron chi connectivity index (χ2n) is 5.60. The van der Waals surface area contributed by atoms with E-state index < -0.39 is 0 Å². The zero-order valence-corrected chi connectivity index (χ0v) is 13.5. The molecule has 0 fully saturated rings. The van der Waals surface area contributed by atoms with Gasteiger partial charge in [-0.3, -0.25) is 0 Å². The minimum absolute atomic E-state index is 0.497. The Kier molecular flexibility index (Phi) is 4.25. The van der Waals surface area contributed by atoms with Gasteiger partial charge in [-0.2, -0.15) is 10.2 Å². The van der Waals surface area contributed by atoms with E-state index in [1.807, 2.05) is 72.8 Å². The zero-order chi connectivity index (χ0) is 16.9. The van der Waals surface area contributed by atoms with E-state index in [-0.39, 0.29) is 0 Å². The minimum atomic E-state index is 0.497. The highest BCUT2D eigenvalue weighted by Crippen LogP contribution is 2.24. The monoisotopic (exact) mass is 328 g/mol. The highest BCUT2D eigenvalue weighted by Gasteiger charge is 2.01. The molecule has 25 heavy (non-hydrogen) atoms. The Morgan fingerprint density at radius 1 is 0.720 bits per heavy atom. The second kappa shape index (κ2) is 7.01. The first-order chi connectivity index (χ1) is 12.4. The molecule has 0 aliphatic heterocycles. The third kappa shape index (κ3) is 3.75. The van der Waals surface area contributed by atoms with Crippen LogP contribution in [0.4, 0.5) is 0 Å². The van der Waals surface area contributed by atoms with Crippen molar-refractivity contribution in [3.05, 3.63) is 90.6 Å². The Morgan fingerprint density at radius 3 is 2.32 bits per heavy atom. The molecule has 3 aromatic carbocycles. The van der Waals surface area contributed by atoms with Gasteiger partial charge in [-0.1, -0.05) is 24.3 Å². The van der Waals surface area contributed by atoms with Crippen molar-refractivity contribution in [3.8, 4) is 17.2 Å². The van der Waals surface area contributed by atoms with E-state index in [1.54, 1.807) is 6.20 Å². The van der Waals surface area contributed by atoms with Crippen LogP contribution >= 0.6 is 0 Å². The van der Waals surface area contributed by atoms with Gasteiger partial charge in [0.15, 0.2) is 0 Å². The summed E-state index contributed by atoms with van der Waals surface area (Å²) in [5.41, 5.74) is 1.97. The lowest BCUT2D eigenvalue weighted by Crippen LogP contribution is -1.96. The predicted octanol–water partition coefficient (Wildman–Crippen LogP) is 5.00. The molecule has 0 radical (unpaired) electrons. The van der Waals surface area contributed by atoms with E-state index in [2.05, 4.69) is 16.3 Å². The van der Waals surface area contributed by atoms with Gasteiger partial charge in [-0.25, -0.2) is 0 Å². The van der Waals surface area contributed by atoms with Gasteiger partial charge in [0, 0.05) is 5.39 Å². The highest BCUT2D eigenvalue weighted by molar-refractivity contribution is 5.78. The van der Waals surface area contributed by atoms with E-state index in [4.69, 9.17) is 9.47 Å². The van der Waals surface area contributed by atoms with Gasteiger partial charge in [0.25, 0.3) is 0 Å². The summed E-state index contributed by atoms with van der Waals surface area (Å²) in [5, 5.41) is 9.02. The summed E-state index contributed by atoms with van der Waals surface area (Å²) in [4.78, 5) is 0. The Balaban J connectivity index is 1.40. The van der Waals surface area contributed by atoms with Crippen LogP contribution in [0.25, 0.3) is 10.9 Å². The van der Waals surface area contributed by atoms with E-state index in [9.17, 15) is 0 Å². The molecule has 1 heterocycles. The number of hydrogen-bond acceptors (Lipinski definition) is 4. The first-order valence-electron chi connectivity index (χ1n) is 8.03. The summed E-state index contributed by atoms with van der Waals surface area (Å²) in [6, 6.07) is 25.3. The lowest BCUT2D eigenvalue weighted by atomic mass is 10.1. The molecule has 4 aromatic rings. The van der Waals surface area contributed by atoms with E-state index >= 15 is 0 Å². The molecule has 0 amide bonds. The second-order valence-corrected chi connectivity index (χ2v) is 5.60. The molecule has 1 aromatic heterocycles. The summed E-state index contributed by atoms with van der Waals surface area (Å²) in [7, 11) is 0. The largest absolute Gasteiger partial charge is 0.489 e. The molecule has 4 nitrogen and oxygen atoms in total. The van der Waals surface area contributed by atoms with Crippen molar-refractivity contribution in [1.82, 2.24) is 10.2 Å². The number of aromatic nitrogens is 2. The molecule has 0 saturated carbocycles. The van der Waals surface area contributed by atoms with Crippen molar-refractivity contribution < 1.29 is 9.47 Å². The third-order valence-electron chi connectivity index (χ3n) is 3.79. The van der Waals surface area contributed by atoms with Gasteiger partial charge in [-0.15, -0.1) is 0 Å². The number of nitrogens with zero attached hydrogens (tertiary/aromatic N) is 2. The van der Waals surface area contributed by atoms with Crippen LogP contribution < -0.4 is 9.47 Å². The van der Waals surface area contributed by atoms with Gasteiger partial charge in [0.1, 0.15) is 23.9 Å². The van der Waals surface area contributed by atoms with Crippen molar-refractivity contribution in [2.45, 2.75) is 6.61 Å². The lowest BCUT2D eigenvalue weighted by molar-refractivity contribution is 0.306. The molecular formula is C21H16N2O2. The maximum Gasteiger partial charge on any atom is 0.127 e. The first kappa shape index (κ1) is 15.1. The standard InChI is InChI=1S/C21H16N2O2/c1-2-4-19(5-3-1)25-20-9-7-18(8-10-20)24-15-16-6-11-21-17(14-16)12-13-22-23-21/h1-14H,15H2. The van der Waals surface area contributed by atoms with E-state index in [1.165, 1.54) is 0 Å². The lowest BCUT2D eigenvalue weighted by Gasteiger charge is -2.09. The average Bonchev–Trinajstić information content (AvgIpc) is 2.68. The van der Waals surface area contributed by atoms with Gasteiger partial charge < -0.3 is 9.47 Å². The average molecular weight is 328 g/mol. The molecule has 0 aliphatic carbocycles. The number of fused-ring (bicyclic) bond motifs is 1. The summed E-state index contributed by atoms with van der Waals surface area (Å²) < 4.78 is 11.6. The molecule has 0 saturated heterocycles.